The van der Waals surface area contributed by atoms with Crippen LogP contribution in [0.25, 0.3) is 5.69 Å². The van der Waals surface area contributed by atoms with Crippen LogP contribution in [0.1, 0.15) is 32.3 Å². The fourth-order valence-electron chi connectivity index (χ4n) is 3.46. The van der Waals surface area contributed by atoms with Crippen molar-refractivity contribution in [2.45, 2.75) is 39.9 Å². The lowest BCUT2D eigenvalue weighted by Crippen LogP contribution is -2.21. The first-order chi connectivity index (χ1) is 12.2. The Bertz CT molecular complexity index is 854. The summed E-state index contributed by atoms with van der Waals surface area (Å²) in [7, 11) is 0. The molecule has 0 aliphatic carbocycles. The van der Waals surface area contributed by atoms with Gasteiger partial charge in [-0.25, -0.2) is 4.68 Å². The molecular formula is C20H24N4S. The highest BCUT2D eigenvalue weighted by Gasteiger charge is 2.13. The molecule has 25 heavy (non-hydrogen) atoms. The van der Waals surface area contributed by atoms with E-state index in [9.17, 15) is 0 Å². The van der Waals surface area contributed by atoms with Crippen molar-refractivity contribution in [1.82, 2.24) is 20.4 Å². The van der Waals surface area contributed by atoms with E-state index in [-0.39, 0.29) is 0 Å². The number of aromatic nitrogens is 2. The number of hydrogen-bond donors (Lipinski definition) is 2. The van der Waals surface area contributed by atoms with Gasteiger partial charge in [0.1, 0.15) is 0 Å². The first-order valence-electron chi connectivity index (χ1n) is 8.84. The topological polar surface area (TPSA) is 41.9 Å². The van der Waals surface area contributed by atoms with Gasteiger partial charge in [0.2, 0.25) is 0 Å². The number of rotatable bonds is 5. The second-order valence-electron chi connectivity index (χ2n) is 6.66. The van der Waals surface area contributed by atoms with Gasteiger partial charge in [0.05, 0.1) is 11.4 Å². The largest absolute Gasteiger partial charge is 0.312 e. The van der Waals surface area contributed by atoms with Gasteiger partial charge in [0, 0.05) is 41.6 Å². The summed E-state index contributed by atoms with van der Waals surface area (Å²) in [5.74, 6) is 0. The highest BCUT2D eigenvalue weighted by atomic mass is 32.1. The average molecular weight is 353 g/mol. The third-order valence-corrected chi connectivity index (χ3v) is 5.87. The van der Waals surface area contributed by atoms with Gasteiger partial charge in [-0.15, -0.1) is 11.3 Å². The molecule has 0 atom stereocenters. The van der Waals surface area contributed by atoms with E-state index in [0.717, 1.165) is 37.6 Å². The third-order valence-electron chi connectivity index (χ3n) is 4.64. The van der Waals surface area contributed by atoms with E-state index in [1.54, 1.807) is 4.88 Å². The van der Waals surface area contributed by atoms with Crippen molar-refractivity contribution in [3.63, 3.8) is 0 Å². The summed E-state index contributed by atoms with van der Waals surface area (Å²) in [6.07, 6.45) is 1.17. The van der Waals surface area contributed by atoms with Crippen LogP contribution in [-0.4, -0.2) is 16.3 Å². The molecule has 2 aromatic heterocycles. The Morgan fingerprint density at radius 2 is 2.08 bits per heavy atom. The summed E-state index contributed by atoms with van der Waals surface area (Å²) in [5, 5.41) is 11.7. The molecule has 0 bridgehead atoms. The lowest BCUT2D eigenvalue weighted by Gasteiger charge is -2.12. The fourth-order valence-corrected chi connectivity index (χ4v) is 4.62. The molecule has 5 heteroatoms. The molecule has 4 rings (SSSR count). The molecule has 3 aromatic rings. The van der Waals surface area contributed by atoms with Crippen LogP contribution in [0.2, 0.25) is 0 Å². The van der Waals surface area contributed by atoms with Crippen molar-refractivity contribution >= 4 is 11.3 Å². The molecule has 0 saturated carbocycles. The van der Waals surface area contributed by atoms with Crippen LogP contribution in [0.5, 0.6) is 0 Å². The van der Waals surface area contributed by atoms with Gasteiger partial charge in [-0.05, 0) is 49.6 Å². The van der Waals surface area contributed by atoms with E-state index >= 15 is 0 Å². The smallest absolute Gasteiger partial charge is 0.0693 e. The molecule has 1 aliphatic heterocycles. The number of para-hydroxylation sites is 1. The van der Waals surface area contributed by atoms with E-state index in [1.807, 2.05) is 22.9 Å². The predicted octanol–water partition coefficient (Wildman–Crippen LogP) is 3.49. The minimum absolute atomic E-state index is 0.843. The average Bonchev–Trinajstić information content (AvgIpc) is 3.17. The monoisotopic (exact) mass is 352 g/mol. The maximum atomic E-state index is 4.64. The first kappa shape index (κ1) is 16.5. The Kier molecular flexibility index (Phi) is 4.70. The number of nitrogens with one attached hydrogen (secondary N) is 2. The normalized spacial score (nSPS) is 13.8. The molecule has 0 saturated heterocycles. The van der Waals surface area contributed by atoms with Crippen molar-refractivity contribution in [3.05, 3.63) is 68.7 Å². The maximum absolute atomic E-state index is 4.64. The molecule has 0 fully saturated rings. The zero-order chi connectivity index (χ0) is 17.2. The minimum Gasteiger partial charge on any atom is -0.312 e. The van der Waals surface area contributed by atoms with Crippen LogP contribution >= 0.6 is 11.3 Å². The number of hydrogen-bond acceptors (Lipinski definition) is 4. The van der Waals surface area contributed by atoms with Gasteiger partial charge in [0.15, 0.2) is 0 Å². The SMILES string of the molecule is Cc1cc(C)n(-c2ccccc2CNCc2cc3c(s2)CCNC3)n1. The Hall–Kier alpha value is -1.95. The molecule has 2 N–H and O–H groups in total. The van der Waals surface area contributed by atoms with Crippen molar-refractivity contribution < 1.29 is 0 Å². The molecule has 130 valence electrons. The van der Waals surface area contributed by atoms with Crippen molar-refractivity contribution in [3.8, 4) is 5.69 Å². The molecular weight excluding hydrogens is 328 g/mol. The van der Waals surface area contributed by atoms with E-state index in [1.165, 1.54) is 28.1 Å². The predicted molar refractivity (Wildman–Crippen MR) is 103 cm³/mol. The number of thiophene rings is 1. The van der Waals surface area contributed by atoms with Crippen molar-refractivity contribution in [1.29, 1.82) is 0 Å². The highest BCUT2D eigenvalue weighted by Crippen LogP contribution is 2.25. The van der Waals surface area contributed by atoms with E-state index in [0.29, 0.717) is 0 Å². The quantitative estimate of drug-likeness (QED) is 0.739. The molecule has 0 radical (unpaired) electrons. The summed E-state index contributed by atoms with van der Waals surface area (Å²) in [6, 6.07) is 13.0. The number of nitrogens with zero attached hydrogens (tertiary/aromatic N) is 2. The van der Waals surface area contributed by atoms with E-state index in [2.05, 4.69) is 59.1 Å². The summed E-state index contributed by atoms with van der Waals surface area (Å²) < 4.78 is 2.04. The standard InChI is InChI=1S/C20H24N4S/c1-14-9-15(2)24(23-14)19-6-4-3-5-16(19)11-22-13-18-10-17-12-21-8-7-20(17)25-18/h3-6,9-10,21-22H,7-8,11-13H2,1-2H3. The maximum Gasteiger partial charge on any atom is 0.0693 e. The molecule has 4 nitrogen and oxygen atoms in total. The van der Waals surface area contributed by atoms with Gasteiger partial charge < -0.3 is 10.6 Å². The van der Waals surface area contributed by atoms with Crippen LogP contribution in [0.15, 0.2) is 36.4 Å². The minimum atomic E-state index is 0.843. The lowest BCUT2D eigenvalue weighted by molar-refractivity contribution is 0.651. The summed E-state index contributed by atoms with van der Waals surface area (Å²) >= 11 is 1.96. The number of aryl methyl sites for hydroxylation is 2. The van der Waals surface area contributed by atoms with Gasteiger partial charge >= 0.3 is 0 Å². The van der Waals surface area contributed by atoms with Gasteiger partial charge in [-0.2, -0.15) is 5.10 Å². The molecule has 0 amide bonds. The summed E-state index contributed by atoms with van der Waals surface area (Å²) in [6.45, 7) is 8.04. The Morgan fingerprint density at radius 3 is 2.88 bits per heavy atom. The number of benzene rings is 1. The zero-order valence-electron chi connectivity index (χ0n) is 14.8. The van der Waals surface area contributed by atoms with Crippen LogP contribution in [-0.2, 0) is 26.1 Å². The lowest BCUT2D eigenvalue weighted by atomic mass is 10.1. The van der Waals surface area contributed by atoms with Gasteiger partial charge in [-0.3, -0.25) is 0 Å². The highest BCUT2D eigenvalue weighted by molar-refractivity contribution is 7.12. The summed E-state index contributed by atoms with van der Waals surface area (Å²) in [5.41, 5.74) is 6.14. The van der Waals surface area contributed by atoms with Crippen molar-refractivity contribution in [2.24, 2.45) is 0 Å². The van der Waals surface area contributed by atoms with Gasteiger partial charge in [-0.1, -0.05) is 18.2 Å². The number of fused-ring (bicyclic) bond motifs is 1. The zero-order valence-corrected chi connectivity index (χ0v) is 15.6. The third kappa shape index (κ3) is 3.54. The van der Waals surface area contributed by atoms with Crippen molar-refractivity contribution in [2.75, 3.05) is 6.54 Å². The van der Waals surface area contributed by atoms with E-state index < -0.39 is 0 Å². The molecule has 1 aromatic carbocycles. The molecule has 0 spiro atoms. The molecule has 1 aliphatic rings. The van der Waals surface area contributed by atoms with Crippen LogP contribution in [0.3, 0.4) is 0 Å². The van der Waals surface area contributed by atoms with Crippen LogP contribution in [0, 0.1) is 13.8 Å². The Morgan fingerprint density at radius 1 is 1.20 bits per heavy atom. The fraction of sp³-hybridized carbons (Fsp3) is 0.350. The first-order valence-corrected chi connectivity index (χ1v) is 9.66. The van der Waals surface area contributed by atoms with E-state index in [4.69, 9.17) is 0 Å². The Balaban J connectivity index is 1.46. The van der Waals surface area contributed by atoms with Gasteiger partial charge in [0.25, 0.3) is 0 Å². The summed E-state index contributed by atoms with van der Waals surface area (Å²) in [4.78, 5) is 2.98. The van der Waals surface area contributed by atoms with Crippen LogP contribution in [0.4, 0.5) is 0 Å². The van der Waals surface area contributed by atoms with Crippen LogP contribution < -0.4 is 10.6 Å². The molecule has 0 unspecified atom stereocenters. The Labute approximate surface area is 152 Å². The second-order valence-corrected chi connectivity index (χ2v) is 7.88. The molecule has 3 heterocycles. The second kappa shape index (κ2) is 7.12.